The zero-order valence-electron chi connectivity index (χ0n) is 9.00. The highest BCUT2D eigenvalue weighted by atomic mass is 32.2. The van der Waals surface area contributed by atoms with Gasteiger partial charge in [0.1, 0.15) is 0 Å². The van der Waals surface area contributed by atoms with Gasteiger partial charge in [-0.05, 0) is 38.4 Å². The molecule has 1 amide bonds. The van der Waals surface area contributed by atoms with Gasteiger partial charge in [-0.2, -0.15) is 0 Å². The van der Waals surface area contributed by atoms with E-state index in [0.29, 0.717) is 12.3 Å². The van der Waals surface area contributed by atoms with Gasteiger partial charge in [-0.15, -0.1) is 0 Å². The second kappa shape index (κ2) is 6.53. The van der Waals surface area contributed by atoms with E-state index in [1.807, 2.05) is 13.3 Å². The average Bonchev–Trinajstić information content (AvgIpc) is 2.72. The number of nitrogens with one attached hydrogen (secondary N) is 2. The molecule has 1 heterocycles. The van der Waals surface area contributed by atoms with Crippen molar-refractivity contribution in [2.45, 2.75) is 11.5 Å². The summed E-state index contributed by atoms with van der Waals surface area (Å²) in [6.07, 6.45) is 2.83. The highest BCUT2D eigenvalue weighted by molar-refractivity contribution is 7.98. The maximum absolute atomic E-state index is 11.5. The largest absolute Gasteiger partial charge is 0.445 e. The first-order valence-corrected chi connectivity index (χ1v) is 6.07. The minimum absolute atomic E-state index is 0.147. The zero-order chi connectivity index (χ0) is 11.1. The van der Waals surface area contributed by atoms with Crippen LogP contribution in [0, 0.1) is 0 Å². The molecule has 1 aromatic rings. The van der Waals surface area contributed by atoms with Gasteiger partial charge < -0.3 is 15.1 Å². The minimum atomic E-state index is -0.147. The van der Waals surface area contributed by atoms with Gasteiger partial charge in [0.05, 0.1) is 0 Å². The first kappa shape index (κ1) is 12.1. The fourth-order valence-corrected chi connectivity index (χ4v) is 1.48. The van der Waals surface area contributed by atoms with Crippen LogP contribution in [0.5, 0.6) is 0 Å². The quantitative estimate of drug-likeness (QED) is 0.570. The summed E-state index contributed by atoms with van der Waals surface area (Å²) >= 11 is 1.48. The molecule has 1 rings (SSSR count). The Balaban J connectivity index is 2.33. The minimum Gasteiger partial charge on any atom is -0.445 e. The summed E-state index contributed by atoms with van der Waals surface area (Å²) in [5.41, 5.74) is 0. The predicted molar refractivity (Wildman–Crippen MR) is 61.4 cm³/mol. The van der Waals surface area contributed by atoms with Crippen molar-refractivity contribution in [1.82, 2.24) is 10.6 Å². The average molecular weight is 228 g/mol. The summed E-state index contributed by atoms with van der Waals surface area (Å²) in [5.74, 6) is 0.232. The van der Waals surface area contributed by atoms with Crippen molar-refractivity contribution >= 4 is 17.7 Å². The van der Waals surface area contributed by atoms with Gasteiger partial charge in [-0.1, -0.05) is 11.8 Å². The van der Waals surface area contributed by atoms with E-state index in [1.165, 1.54) is 11.8 Å². The van der Waals surface area contributed by atoms with Gasteiger partial charge in [-0.25, -0.2) is 0 Å². The molecule has 0 bridgehead atoms. The molecule has 0 saturated heterocycles. The van der Waals surface area contributed by atoms with Crippen LogP contribution in [0.25, 0.3) is 0 Å². The van der Waals surface area contributed by atoms with Crippen molar-refractivity contribution in [3.63, 3.8) is 0 Å². The summed E-state index contributed by atoms with van der Waals surface area (Å²) in [4.78, 5) is 11.5. The third kappa shape index (κ3) is 3.97. The molecule has 1 aromatic heterocycles. The number of hydrogen-bond acceptors (Lipinski definition) is 4. The van der Waals surface area contributed by atoms with Crippen molar-refractivity contribution in [1.29, 1.82) is 0 Å². The molecule has 0 unspecified atom stereocenters. The van der Waals surface area contributed by atoms with E-state index in [0.717, 1.165) is 18.1 Å². The first-order valence-electron chi connectivity index (χ1n) is 4.84. The van der Waals surface area contributed by atoms with Crippen molar-refractivity contribution < 1.29 is 9.21 Å². The van der Waals surface area contributed by atoms with Crippen molar-refractivity contribution in [3.8, 4) is 0 Å². The summed E-state index contributed by atoms with van der Waals surface area (Å²) in [5, 5.41) is 6.57. The van der Waals surface area contributed by atoms with Gasteiger partial charge in [0.2, 0.25) is 0 Å². The highest BCUT2D eigenvalue weighted by Crippen LogP contribution is 2.17. The molecule has 15 heavy (non-hydrogen) atoms. The van der Waals surface area contributed by atoms with Gasteiger partial charge in [0.15, 0.2) is 10.9 Å². The van der Waals surface area contributed by atoms with Crippen LogP contribution in [-0.2, 0) is 0 Å². The molecule has 0 atom stereocenters. The molecule has 5 heteroatoms. The lowest BCUT2D eigenvalue weighted by Gasteiger charge is -2.02. The van der Waals surface area contributed by atoms with Crippen molar-refractivity contribution in [2.75, 3.05) is 26.4 Å². The molecule has 4 nitrogen and oxygen atoms in total. The normalized spacial score (nSPS) is 10.3. The molecule has 0 fully saturated rings. The third-order valence-electron chi connectivity index (χ3n) is 1.90. The summed E-state index contributed by atoms with van der Waals surface area (Å²) < 4.78 is 5.29. The Kier molecular flexibility index (Phi) is 5.28. The van der Waals surface area contributed by atoms with Crippen LogP contribution in [0.4, 0.5) is 0 Å². The van der Waals surface area contributed by atoms with E-state index in [4.69, 9.17) is 4.42 Å². The van der Waals surface area contributed by atoms with Gasteiger partial charge in [-0.3, -0.25) is 4.79 Å². The molecule has 0 aromatic carbocycles. The van der Waals surface area contributed by atoms with Crippen LogP contribution in [-0.4, -0.2) is 32.3 Å². The maximum Gasteiger partial charge on any atom is 0.287 e. The lowest BCUT2D eigenvalue weighted by atomic mass is 10.4. The van der Waals surface area contributed by atoms with E-state index in [2.05, 4.69) is 10.6 Å². The number of amides is 1. The second-order valence-electron chi connectivity index (χ2n) is 3.04. The Labute approximate surface area is 93.8 Å². The zero-order valence-corrected chi connectivity index (χ0v) is 9.82. The molecule has 2 N–H and O–H groups in total. The Morgan fingerprint density at radius 2 is 2.27 bits per heavy atom. The SMILES string of the molecule is CNCCCNC(=O)c1ccc(SC)o1. The van der Waals surface area contributed by atoms with Gasteiger partial charge >= 0.3 is 0 Å². The first-order chi connectivity index (χ1) is 7.27. The van der Waals surface area contributed by atoms with Crippen LogP contribution in [0.15, 0.2) is 21.6 Å². The highest BCUT2D eigenvalue weighted by Gasteiger charge is 2.09. The molecule has 0 aliphatic carbocycles. The van der Waals surface area contributed by atoms with Crippen LogP contribution in [0.1, 0.15) is 17.0 Å². The number of rotatable bonds is 6. The molecule has 84 valence electrons. The smallest absolute Gasteiger partial charge is 0.287 e. The van der Waals surface area contributed by atoms with Crippen LogP contribution < -0.4 is 10.6 Å². The lowest BCUT2D eigenvalue weighted by Crippen LogP contribution is -2.26. The third-order valence-corrected chi connectivity index (χ3v) is 2.52. The Morgan fingerprint density at radius 1 is 1.47 bits per heavy atom. The van der Waals surface area contributed by atoms with Crippen LogP contribution in [0.3, 0.4) is 0 Å². The monoisotopic (exact) mass is 228 g/mol. The van der Waals surface area contributed by atoms with E-state index >= 15 is 0 Å². The number of carbonyl (C=O) groups is 1. The maximum atomic E-state index is 11.5. The fourth-order valence-electron chi connectivity index (χ4n) is 1.11. The molecule has 0 aliphatic rings. The summed E-state index contributed by atoms with van der Waals surface area (Å²) in [7, 11) is 1.89. The van der Waals surface area contributed by atoms with Crippen LogP contribution >= 0.6 is 11.8 Å². The molecule has 0 radical (unpaired) electrons. The van der Waals surface area contributed by atoms with E-state index in [9.17, 15) is 4.79 Å². The molecule has 0 spiro atoms. The Bertz CT molecular complexity index is 312. The second-order valence-corrected chi connectivity index (χ2v) is 3.85. The fraction of sp³-hybridized carbons (Fsp3) is 0.500. The van der Waals surface area contributed by atoms with E-state index in [1.54, 1.807) is 12.1 Å². The molecular weight excluding hydrogens is 212 g/mol. The topological polar surface area (TPSA) is 54.3 Å². The molecule has 0 aliphatic heterocycles. The standard InChI is InChI=1S/C10H16N2O2S/c1-11-6-3-7-12-10(13)8-4-5-9(14-8)15-2/h4-5,11H,3,6-7H2,1-2H3,(H,12,13). The van der Waals surface area contributed by atoms with Gasteiger partial charge in [0, 0.05) is 6.54 Å². The Morgan fingerprint density at radius 3 is 2.87 bits per heavy atom. The van der Waals surface area contributed by atoms with Crippen molar-refractivity contribution in [2.24, 2.45) is 0 Å². The summed E-state index contributed by atoms with van der Waals surface area (Å²) in [6, 6.07) is 3.49. The number of thioether (sulfide) groups is 1. The molecular formula is C10H16N2O2S. The lowest BCUT2D eigenvalue weighted by molar-refractivity contribution is 0.0920. The number of furan rings is 1. The Hall–Kier alpha value is -0.940. The van der Waals surface area contributed by atoms with Gasteiger partial charge in [0.25, 0.3) is 5.91 Å². The molecule has 0 saturated carbocycles. The van der Waals surface area contributed by atoms with Crippen molar-refractivity contribution in [3.05, 3.63) is 17.9 Å². The number of hydrogen-bond donors (Lipinski definition) is 2. The summed E-state index contributed by atoms with van der Waals surface area (Å²) in [6.45, 7) is 1.56. The van der Waals surface area contributed by atoms with Crippen LogP contribution in [0.2, 0.25) is 0 Å². The van der Waals surface area contributed by atoms with E-state index < -0.39 is 0 Å². The predicted octanol–water partition coefficient (Wildman–Crippen LogP) is 1.34. The van der Waals surface area contributed by atoms with E-state index in [-0.39, 0.29) is 5.91 Å². The number of carbonyl (C=O) groups excluding carboxylic acids is 1.